The number of anilines is 2. The van der Waals surface area contributed by atoms with Gasteiger partial charge in [0.1, 0.15) is 5.69 Å². The van der Waals surface area contributed by atoms with Gasteiger partial charge in [-0.3, -0.25) is 24.7 Å². The number of ether oxygens (including phenoxy) is 1. The van der Waals surface area contributed by atoms with Gasteiger partial charge in [0.2, 0.25) is 0 Å². The van der Waals surface area contributed by atoms with Gasteiger partial charge in [0, 0.05) is 68.2 Å². The van der Waals surface area contributed by atoms with Gasteiger partial charge in [-0.1, -0.05) is 47.4 Å². The van der Waals surface area contributed by atoms with Crippen LogP contribution >= 0.6 is 22.7 Å². The Labute approximate surface area is 317 Å². The number of nitrogens with one attached hydrogen (secondary N) is 1. The quantitative estimate of drug-likeness (QED) is 0.0856. The van der Waals surface area contributed by atoms with Crippen LogP contribution in [-0.4, -0.2) is 83.4 Å². The van der Waals surface area contributed by atoms with Gasteiger partial charge in [0.05, 0.1) is 23.4 Å². The summed E-state index contributed by atoms with van der Waals surface area (Å²) in [6, 6.07) is 19.0. The third-order valence-electron chi connectivity index (χ3n) is 9.73. The van der Waals surface area contributed by atoms with Crippen molar-refractivity contribution in [1.29, 1.82) is 0 Å². The zero-order valence-electron chi connectivity index (χ0n) is 30.3. The van der Waals surface area contributed by atoms with Crippen LogP contribution in [0.5, 0.6) is 5.75 Å². The molecule has 0 aliphatic carbocycles. The first kappa shape index (κ1) is 36.7. The van der Waals surface area contributed by atoms with Crippen LogP contribution in [0.25, 0.3) is 10.2 Å². The molecular weight excluding hydrogens is 708 g/mol. The van der Waals surface area contributed by atoms with Gasteiger partial charge in [0.15, 0.2) is 27.6 Å². The number of rotatable bonds is 11. The maximum absolute atomic E-state index is 14.9. The number of halogens is 1. The Hall–Kier alpha value is -4.67. The molecule has 1 N–H and O–H groups in total. The number of piperazine rings is 1. The predicted octanol–water partition coefficient (Wildman–Crippen LogP) is 7.30. The van der Waals surface area contributed by atoms with E-state index in [9.17, 15) is 14.0 Å². The number of thiazole rings is 2. The first-order valence-electron chi connectivity index (χ1n) is 18.1. The Morgan fingerprint density at radius 1 is 1.00 bits per heavy atom. The molecule has 5 aromatic rings. The molecule has 2 aliphatic rings. The smallest absolute Gasteiger partial charge is 0.257 e. The van der Waals surface area contributed by atoms with Gasteiger partial charge in [-0.2, -0.15) is 0 Å². The standard InChI is InChI=1S/C41H43FN6O3S2/c1-27(2)47-22-20-46(21-23-47)18-7-9-29-15-16-35(33(42)25-29)51-24-8-14-37-38(28(3)49)44-41(53-37)48-19-17-30-10-6-11-31(32(30)26-48)39(50)45-40-43-34-12-4-5-13-36(34)52-40/h4-6,10-13,15-16,25,27H,8,14,17-24,26H2,1-3H3,(H,43,45,50). The monoisotopic (exact) mass is 750 g/mol. The Morgan fingerprint density at radius 2 is 1.83 bits per heavy atom. The number of carbonyl (C=O) groups is 2. The van der Waals surface area contributed by atoms with Gasteiger partial charge in [-0.05, 0) is 80.6 Å². The molecule has 0 radical (unpaired) electrons. The number of aryl methyl sites for hydroxylation is 1. The largest absolute Gasteiger partial charge is 0.491 e. The summed E-state index contributed by atoms with van der Waals surface area (Å²) in [7, 11) is 0. The van der Waals surface area contributed by atoms with Crippen molar-refractivity contribution in [3.8, 4) is 17.6 Å². The molecule has 2 aliphatic heterocycles. The highest BCUT2D eigenvalue weighted by atomic mass is 32.1. The van der Waals surface area contributed by atoms with Crippen LogP contribution < -0.4 is 15.0 Å². The van der Waals surface area contributed by atoms with E-state index < -0.39 is 5.82 Å². The van der Waals surface area contributed by atoms with Gasteiger partial charge in [0.25, 0.3) is 5.91 Å². The number of nitrogens with zero attached hydrogens (tertiary/aromatic N) is 5. The zero-order valence-corrected chi connectivity index (χ0v) is 31.9. The van der Waals surface area contributed by atoms with Gasteiger partial charge in [-0.15, -0.1) is 11.3 Å². The van der Waals surface area contributed by atoms with Crippen LogP contribution in [0.3, 0.4) is 0 Å². The van der Waals surface area contributed by atoms with E-state index in [1.165, 1.54) is 35.7 Å². The molecule has 53 heavy (non-hydrogen) atoms. The van der Waals surface area contributed by atoms with E-state index in [4.69, 9.17) is 9.72 Å². The third kappa shape index (κ3) is 8.77. The molecule has 7 rings (SSSR count). The minimum absolute atomic E-state index is 0.0997. The number of hydrogen-bond acceptors (Lipinski definition) is 10. The molecule has 3 aromatic carbocycles. The molecule has 0 spiro atoms. The highest BCUT2D eigenvalue weighted by Gasteiger charge is 2.26. The fraction of sp³-hybridized carbons (Fsp3) is 0.366. The zero-order chi connectivity index (χ0) is 36.9. The van der Waals surface area contributed by atoms with E-state index in [-0.39, 0.29) is 17.4 Å². The number of aromatic nitrogens is 2. The maximum Gasteiger partial charge on any atom is 0.257 e. The van der Waals surface area contributed by atoms with Gasteiger partial charge in [-0.25, -0.2) is 14.4 Å². The Kier molecular flexibility index (Phi) is 11.5. The van der Waals surface area contributed by atoms with Crippen molar-refractivity contribution < 1.29 is 18.7 Å². The fourth-order valence-electron chi connectivity index (χ4n) is 6.77. The number of amides is 1. The van der Waals surface area contributed by atoms with Gasteiger partial charge >= 0.3 is 0 Å². The predicted molar refractivity (Wildman–Crippen MR) is 211 cm³/mol. The molecule has 9 nitrogen and oxygen atoms in total. The first-order valence-corrected chi connectivity index (χ1v) is 19.8. The lowest BCUT2D eigenvalue weighted by atomic mass is 9.94. The number of ketones is 1. The second kappa shape index (κ2) is 16.6. The molecule has 1 saturated heterocycles. The average molecular weight is 751 g/mol. The number of benzene rings is 3. The molecule has 2 aromatic heterocycles. The summed E-state index contributed by atoms with van der Waals surface area (Å²) in [6.45, 7) is 12.2. The van der Waals surface area contributed by atoms with Crippen LogP contribution in [0.15, 0.2) is 60.7 Å². The highest BCUT2D eigenvalue weighted by Crippen LogP contribution is 2.34. The number of Topliss-reactive ketones (excluding diaryl/α,β-unsaturated/α-hetero) is 1. The topological polar surface area (TPSA) is 90.9 Å². The van der Waals surface area contributed by atoms with Crippen LogP contribution in [-0.2, 0) is 19.4 Å². The lowest BCUT2D eigenvalue weighted by molar-refractivity contribution is 0.100. The molecule has 274 valence electrons. The summed E-state index contributed by atoms with van der Waals surface area (Å²) < 4.78 is 21.7. The average Bonchev–Trinajstić information content (AvgIpc) is 3.78. The minimum atomic E-state index is -0.439. The van der Waals surface area contributed by atoms with E-state index >= 15 is 0 Å². The Morgan fingerprint density at radius 3 is 2.60 bits per heavy atom. The minimum Gasteiger partial charge on any atom is -0.491 e. The summed E-state index contributed by atoms with van der Waals surface area (Å²) in [5.74, 6) is 5.74. The summed E-state index contributed by atoms with van der Waals surface area (Å²) >= 11 is 2.94. The van der Waals surface area contributed by atoms with Crippen molar-refractivity contribution in [1.82, 2.24) is 19.8 Å². The van der Waals surface area contributed by atoms with E-state index in [0.717, 1.165) is 70.5 Å². The van der Waals surface area contributed by atoms with E-state index in [1.54, 1.807) is 12.1 Å². The van der Waals surface area contributed by atoms with E-state index in [1.807, 2.05) is 36.4 Å². The first-order chi connectivity index (χ1) is 25.7. The maximum atomic E-state index is 14.9. The van der Waals surface area contributed by atoms with Crippen molar-refractivity contribution in [3.05, 3.63) is 99.3 Å². The molecule has 0 saturated carbocycles. The molecule has 0 bridgehead atoms. The molecular formula is C41H43FN6O3S2. The van der Waals surface area contributed by atoms with E-state index in [0.29, 0.717) is 60.5 Å². The summed E-state index contributed by atoms with van der Waals surface area (Å²) in [5.41, 5.74) is 4.61. The second-order valence-corrected chi connectivity index (χ2v) is 15.8. The van der Waals surface area contributed by atoms with Crippen molar-refractivity contribution in [2.45, 2.75) is 52.6 Å². The highest BCUT2D eigenvalue weighted by molar-refractivity contribution is 7.22. The number of hydrogen-bond donors (Lipinski definition) is 1. The van der Waals surface area contributed by atoms with Crippen LogP contribution in [0.1, 0.15) is 69.6 Å². The van der Waals surface area contributed by atoms with Crippen LogP contribution in [0, 0.1) is 17.7 Å². The number of para-hydroxylation sites is 1. The van der Waals surface area contributed by atoms with Crippen molar-refractivity contribution >= 4 is 54.8 Å². The second-order valence-electron chi connectivity index (χ2n) is 13.7. The third-order valence-corrected chi connectivity index (χ3v) is 11.9. The lowest BCUT2D eigenvalue weighted by Gasteiger charge is -2.36. The molecule has 4 heterocycles. The fourth-order valence-corrected chi connectivity index (χ4v) is 8.80. The van der Waals surface area contributed by atoms with Crippen molar-refractivity contribution in [2.24, 2.45) is 0 Å². The van der Waals surface area contributed by atoms with Crippen LogP contribution in [0.2, 0.25) is 0 Å². The Balaban J connectivity index is 0.941. The van der Waals surface area contributed by atoms with Crippen molar-refractivity contribution in [2.75, 3.05) is 56.1 Å². The molecule has 12 heteroatoms. The SMILES string of the molecule is CC(=O)c1nc(N2CCc3cccc(C(=O)Nc4nc5ccccc5s4)c3C2)sc1CCCOc1ccc(C#CCN2CCN(C(C)C)CC2)cc1F. The number of carbonyl (C=O) groups excluding carboxylic acids is 2. The number of fused-ring (bicyclic) bond motifs is 2. The van der Waals surface area contributed by atoms with Gasteiger partial charge < -0.3 is 9.64 Å². The summed E-state index contributed by atoms with van der Waals surface area (Å²) in [5, 5.41) is 4.31. The summed E-state index contributed by atoms with van der Waals surface area (Å²) in [4.78, 5) is 43.3. The normalized spacial score (nSPS) is 14.9. The lowest BCUT2D eigenvalue weighted by Crippen LogP contribution is -2.48. The molecule has 1 amide bonds. The summed E-state index contributed by atoms with van der Waals surface area (Å²) in [6.07, 6.45) is 1.91. The van der Waals surface area contributed by atoms with Crippen molar-refractivity contribution in [3.63, 3.8) is 0 Å². The molecule has 1 fully saturated rings. The Bertz CT molecular complexity index is 2150. The van der Waals surface area contributed by atoms with Crippen LogP contribution in [0.4, 0.5) is 14.7 Å². The van der Waals surface area contributed by atoms with E-state index in [2.05, 4.69) is 56.8 Å². The molecule has 0 atom stereocenters. The molecule has 0 unspecified atom stereocenters.